The monoisotopic (exact) mass is 581 g/mol. The van der Waals surface area contributed by atoms with Crippen molar-refractivity contribution in [1.29, 1.82) is 0 Å². The van der Waals surface area contributed by atoms with Crippen LogP contribution in [0.5, 0.6) is 11.6 Å². The number of benzene rings is 2. The molecule has 0 spiro atoms. The summed E-state index contributed by atoms with van der Waals surface area (Å²) >= 11 is 0. The number of hydrogen-bond donors (Lipinski definition) is 2. The standard InChI is InChI=1S/C33H32FN5O4/c34-24-17-28(33(35-18-24)43-27-5-3-4-23(16-27)22-9-7-21(20-40)8-10-22)31(41)36-25-11-13-26(14-12-25)37-32(42)29-19-39-15-2-1-6-30(39)38-29/h3-5,7-10,16-20,25-26H,1-2,6,11-15H2,(H,36,41)(H,37,42). The summed E-state index contributed by atoms with van der Waals surface area (Å²) in [6, 6.07) is 15.3. The summed E-state index contributed by atoms with van der Waals surface area (Å²) in [5.74, 6) is 0.115. The normalized spacial score (nSPS) is 17.9. The summed E-state index contributed by atoms with van der Waals surface area (Å²) in [5.41, 5.74) is 2.77. The first-order valence-corrected chi connectivity index (χ1v) is 14.6. The predicted molar refractivity (Wildman–Crippen MR) is 158 cm³/mol. The van der Waals surface area contributed by atoms with Crippen molar-refractivity contribution in [3.05, 3.63) is 95.5 Å². The highest BCUT2D eigenvalue weighted by Crippen LogP contribution is 2.29. The lowest BCUT2D eigenvalue weighted by Crippen LogP contribution is -2.44. The molecule has 9 nitrogen and oxygen atoms in total. The van der Waals surface area contributed by atoms with Crippen LogP contribution in [0.4, 0.5) is 4.39 Å². The number of carbonyl (C=O) groups excluding carboxylic acids is 3. The molecule has 220 valence electrons. The number of amides is 2. The Morgan fingerprint density at radius 2 is 1.67 bits per heavy atom. The number of pyridine rings is 1. The van der Waals surface area contributed by atoms with Gasteiger partial charge in [0.1, 0.15) is 34.9 Å². The summed E-state index contributed by atoms with van der Waals surface area (Å²) in [6.45, 7) is 0.901. The lowest BCUT2D eigenvalue weighted by Gasteiger charge is -2.29. The molecule has 2 amide bonds. The second-order valence-electron chi connectivity index (χ2n) is 11.1. The summed E-state index contributed by atoms with van der Waals surface area (Å²) < 4.78 is 22.2. The fourth-order valence-corrected chi connectivity index (χ4v) is 5.70. The van der Waals surface area contributed by atoms with Gasteiger partial charge in [0.2, 0.25) is 5.88 Å². The highest BCUT2D eigenvalue weighted by Gasteiger charge is 2.27. The van der Waals surface area contributed by atoms with E-state index in [1.165, 1.54) is 0 Å². The smallest absolute Gasteiger partial charge is 0.271 e. The second-order valence-corrected chi connectivity index (χ2v) is 11.1. The molecular weight excluding hydrogens is 549 g/mol. The lowest BCUT2D eigenvalue weighted by atomic mass is 9.91. The van der Waals surface area contributed by atoms with Crippen LogP contribution in [0.3, 0.4) is 0 Å². The number of halogens is 1. The largest absolute Gasteiger partial charge is 0.438 e. The molecule has 2 aromatic carbocycles. The maximum atomic E-state index is 14.2. The number of hydrogen-bond acceptors (Lipinski definition) is 6. The Balaban J connectivity index is 1.07. The molecule has 1 aliphatic heterocycles. The minimum Gasteiger partial charge on any atom is -0.438 e. The van der Waals surface area contributed by atoms with E-state index in [0.29, 0.717) is 42.7 Å². The molecule has 3 heterocycles. The molecule has 1 fully saturated rings. The minimum absolute atomic E-state index is 0.0000794. The van der Waals surface area contributed by atoms with Crippen LogP contribution >= 0.6 is 0 Å². The van der Waals surface area contributed by atoms with Crippen molar-refractivity contribution >= 4 is 18.1 Å². The quantitative estimate of drug-likeness (QED) is 0.266. The van der Waals surface area contributed by atoms with Crippen molar-refractivity contribution in [2.45, 2.75) is 63.6 Å². The van der Waals surface area contributed by atoms with Gasteiger partial charge in [0.15, 0.2) is 0 Å². The van der Waals surface area contributed by atoms with Crippen LogP contribution in [0.1, 0.15) is 75.6 Å². The zero-order valence-corrected chi connectivity index (χ0v) is 23.6. The fourth-order valence-electron chi connectivity index (χ4n) is 5.70. The van der Waals surface area contributed by atoms with Gasteiger partial charge in [-0.15, -0.1) is 0 Å². The highest BCUT2D eigenvalue weighted by molar-refractivity contribution is 5.96. The van der Waals surface area contributed by atoms with Crippen LogP contribution < -0.4 is 15.4 Å². The number of aromatic nitrogens is 3. The third-order valence-electron chi connectivity index (χ3n) is 8.03. The maximum Gasteiger partial charge on any atom is 0.271 e. The Morgan fingerprint density at radius 3 is 2.40 bits per heavy atom. The topological polar surface area (TPSA) is 115 Å². The Kier molecular flexibility index (Phi) is 8.26. The van der Waals surface area contributed by atoms with Gasteiger partial charge in [0.25, 0.3) is 11.8 Å². The first kappa shape index (κ1) is 28.3. The van der Waals surface area contributed by atoms with Gasteiger partial charge in [0, 0.05) is 36.8 Å². The van der Waals surface area contributed by atoms with Gasteiger partial charge in [0.05, 0.1) is 6.20 Å². The molecule has 0 unspecified atom stereocenters. The van der Waals surface area contributed by atoms with Gasteiger partial charge in [-0.1, -0.05) is 36.4 Å². The fraction of sp³-hybridized carbons (Fsp3) is 0.303. The zero-order chi connectivity index (χ0) is 29.8. The van der Waals surface area contributed by atoms with Crippen LogP contribution in [0.15, 0.2) is 67.0 Å². The molecule has 0 radical (unpaired) electrons. The average Bonchev–Trinajstić information content (AvgIpc) is 3.48. The lowest BCUT2D eigenvalue weighted by molar-refractivity contribution is 0.0887. The number of nitrogens with one attached hydrogen (secondary N) is 2. The van der Waals surface area contributed by atoms with E-state index in [2.05, 4.69) is 25.2 Å². The number of carbonyl (C=O) groups is 3. The van der Waals surface area contributed by atoms with E-state index < -0.39 is 11.7 Å². The first-order chi connectivity index (χ1) is 20.9. The van der Waals surface area contributed by atoms with Gasteiger partial charge < -0.3 is 19.9 Å². The number of aryl methyl sites for hydroxylation is 2. The third kappa shape index (κ3) is 6.63. The van der Waals surface area contributed by atoms with Crippen LogP contribution in [-0.2, 0) is 13.0 Å². The Hall–Kier alpha value is -4.86. The molecule has 0 bridgehead atoms. The molecular formula is C33H32FN5O4. The molecule has 2 aliphatic rings. The van der Waals surface area contributed by atoms with Gasteiger partial charge in [-0.05, 0) is 67.9 Å². The number of imidazole rings is 1. The zero-order valence-electron chi connectivity index (χ0n) is 23.6. The van der Waals surface area contributed by atoms with Crippen LogP contribution in [0, 0.1) is 5.82 Å². The molecule has 2 aromatic heterocycles. The van der Waals surface area contributed by atoms with Crippen molar-refractivity contribution in [3.63, 3.8) is 0 Å². The van der Waals surface area contributed by atoms with Crippen molar-refractivity contribution in [2.75, 3.05) is 0 Å². The number of rotatable bonds is 8. The van der Waals surface area contributed by atoms with E-state index >= 15 is 0 Å². The first-order valence-electron chi connectivity index (χ1n) is 14.6. The summed E-state index contributed by atoms with van der Waals surface area (Å²) in [7, 11) is 0. The summed E-state index contributed by atoms with van der Waals surface area (Å²) in [6.07, 6.45) is 9.48. The average molecular weight is 582 g/mol. The van der Waals surface area contributed by atoms with E-state index in [4.69, 9.17) is 4.74 Å². The van der Waals surface area contributed by atoms with E-state index in [1.807, 2.05) is 24.4 Å². The van der Waals surface area contributed by atoms with Gasteiger partial charge in [-0.2, -0.15) is 0 Å². The molecule has 4 aromatic rings. The highest BCUT2D eigenvalue weighted by atomic mass is 19.1. The van der Waals surface area contributed by atoms with E-state index in [0.717, 1.165) is 61.3 Å². The number of aldehydes is 1. The molecule has 2 N–H and O–H groups in total. The number of fused-ring (bicyclic) bond motifs is 1. The molecule has 6 rings (SSSR count). The molecule has 0 saturated heterocycles. The molecule has 0 atom stereocenters. The molecule has 10 heteroatoms. The van der Waals surface area contributed by atoms with Crippen LogP contribution in [0.2, 0.25) is 0 Å². The van der Waals surface area contributed by atoms with Crippen molar-refractivity contribution in [1.82, 2.24) is 25.2 Å². The maximum absolute atomic E-state index is 14.2. The van der Waals surface area contributed by atoms with Gasteiger partial charge in [-0.3, -0.25) is 14.4 Å². The van der Waals surface area contributed by atoms with E-state index in [1.54, 1.807) is 30.3 Å². The second kappa shape index (κ2) is 12.6. The summed E-state index contributed by atoms with van der Waals surface area (Å²) in [4.78, 5) is 45.6. The van der Waals surface area contributed by atoms with Crippen molar-refractivity contribution in [2.24, 2.45) is 0 Å². The Bertz CT molecular complexity index is 1620. The molecule has 1 aliphatic carbocycles. The molecule has 43 heavy (non-hydrogen) atoms. The SMILES string of the molecule is O=Cc1ccc(-c2cccc(Oc3ncc(F)cc3C(=O)NC3CCC(NC(=O)c4cn5c(n4)CCCC5)CC3)c2)cc1. The van der Waals surface area contributed by atoms with E-state index in [-0.39, 0.29) is 29.4 Å². The minimum atomic E-state index is -0.645. The van der Waals surface area contributed by atoms with Gasteiger partial charge >= 0.3 is 0 Å². The van der Waals surface area contributed by atoms with Crippen molar-refractivity contribution < 1.29 is 23.5 Å². The van der Waals surface area contributed by atoms with Gasteiger partial charge in [-0.25, -0.2) is 14.4 Å². The van der Waals surface area contributed by atoms with Crippen molar-refractivity contribution in [3.8, 4) is 22.8 Å². The molecule has 1 saturated carbocycles. The third-order valence-corrected chi connectivity index (χ3v) is 8.03. The summed E-state index contributed by atoms with van der Waals surface area (Å²) in [5, 5.41) is 6.09. The van der Waals surface area contributed by atoms with E-state index in [9.17, 15) is 18.8 Å². The Labute approximate surface area is 248 Å². The van der Waals surface area contributed by atoms with Crippen LogP contribution in [-0.4, -0.2) is 44.7 Å². The Morgan fingerprint density at radius 1 is 0.930 bits per heavy atom. The predicted octanol–water partition coefficient (Wildman–Crippen LogP) is 5.50. The number of ether oxygens (including phenoxy) is 1. The number of nitrogens with zero attached hydrogens (tertiary/aromatic N) is 3. The van der Waals surface area contributed by atoms with Crippen LogP contribution in [0.25, 0.3) is 11.1 Å².